The summed E-state index contributed by atoms with van der Waals surface area (Å²) >= 11 is 5.96. The Morgan fingerprint density at radius 1 is 1.12 bits per heavy atom. The van der Waals surface area contributed by atoms with Crippen molar-refractivity contribution in [3.8, 4) is 0 Å². The van der Waals surface area contributed by atoms with Crippen molar-refractivity contribution < 1.29 is 4.39 Å². The van der Waals surface area contributed by atoms with Crippen molar-refractivity contribution in [2.24, 2.45) is 0 Å². The highest BCUT2D eigenvalue weighted by atomic mass is 35.5. The molecule has 0 aliphatic heterocycles. The summed E-state index contributed by atoms with van der Waals surface area (Å²) in [4.78, 5) is 8.29. The van der Waals surface area contributed by atoms with E-state index in [1.807, 2.05) is 6.92 Å². The van der Waals surface area contributed by atoms with Gasteiger partial charge in [0.1, 0.15) is 22.6 Å². The van der Waals surface area contributed by atoms with Crippen molar-refractivity contribution in [3.63, 3.8) is 0 Å². The second-order valence-electron chi connectivity index (χ2n) is 3.67. The topological polar surface area (TPSA) is 37.8 Å². The lowest BCUT2D eigenvalue weighted by Gasteiger charge is -2.10. The van der Waals surface area contributed by atoms with Crippen LogP contribution in [-0.2, 0) is 0 Å². The third kappa shape index (κ3) is 2.71. The van der Waals surface area contributed by atoms with Gasteiger partial charge in [-0.05, 0) is 38.1 Å². The highest BCUT2D eigenvalue weighted by Crippen LogP contribution is 2.23. The first-order valence-electron chi connectivity index (χ1n) is 5.09. The van der Waals surface area contributed by atoms with E-state index in [-0.39, 0.29) is 5.82 Å². The van der Waals surface area contributed by atoms with Crippen LogP contribution in [0.1, 0.15) is 11.4 Å². The molecule has 3 nitrogen and oxygen atoms in total. The summed E-state index contributed by atoms with van der Waals surface area (Å²) in [5.41, 5.74) is 1.52. The van der Waals surface area contributed by atoms with Crippen LogP contribution in [0.3, 0.4) is 0 Å². The molecular weight excluding hydrogens is 241 g/mol. The highest BCUT2D eigenvalue weighted by molar-refractivity contribution is 6.30. The Hall–Kier alpha value is -1.68. The van der Waals surface area contributed by atoms with E-state index in [1.54, 1.807) is 19.1 Å². The molecule has 0 aliphatic rings. The molecule has 1 heterocycles. The van der Waals surface area contributed by atoms with Crippen LogP contribution < -0.4 is 5.32 Å². The fraction of sp³-hybridized carbons (Fsp3) is 0.167. The molecule has 88 valence electrons. The van der Waals surface area contributed by atoms with Crippen molar-refractivity contribution in [2.45, 2.75) is 13.8 Å². The van der Waals surface area contributed by atoms with E-state index in [9.17, 15) is 4.39 Å². The molecule has 0 amide bonds. The van der Waals surface area contributed by atoms with Crippen LogP contribution in [0.15, 0.2) is 24.3 Å². The molecule has 1 aromatic heterocycles. The first-order chi connectivity index (χ1) is 8.06. The maximum absolute atomic E-state index is 12.8. The molecule has 17 heavy (non-hydrogen) atoms. The fourth-order valence-electron chi connectivity index (χ4n) is 1.39. The van der Waals surface area contributed by atoms with Gasteiger partial charge in [0, 0.05) is 11.3 Å². The molecular formula is C12H11ClFN3. The SMILES string of the molecule is Cc1nc(Cl)c(C)c(Nc2ccc(F)cc2)n1. The number of halogens is 2. The van der Waals surface area contributed by atoms with Gasteiger partial charge in [-0.2, -0.15) is 0 Å². The van der Waals surface area contributed by atoms with Gasteiger partial charge >= 0.3 is 0 Å². The van der Waals surface area contributed by atoms with E-state index in [2.05, 4.69) is 15.3 Å². The molecule has 0 radical (unpaired) electrons. The molecule has 0 saturated carbocycles. The van der Waals surface area contributed by atoms with Crippen LogP contribution in [-0.4, -0.2) is 9.97 Å². The number of nitrogens with one attached hydrogen (secondary N) is 1. The maximum atomic E-state index is 12.8. The number of benzene rings is 1. The molecule has 2 aromatic rings. The smallest absolute Gasteiger partial charge is 0.138 e. The Bertz CT molecular complexity index is 540. The minimum Gasteiger partial charge on any atom is -0.340 e. The lowest BCUT2D eigenvalue weighted by molar-refractivity contribution is 0.628. The lowest BCUT2D eigenvalue weighted by Crippen LogP contribution is -2.01. The Kier molecular flexibility index (Phi) is 3.24. The first-order valence-corrected chi connectivity index (χ1v) is 5.47. The summed E-state index contributed by atoms with van der Waals surface area (Å²) in [6, 6.07) is 6.04. The van der Waals surface area contributed by atoms with Crippen molar-refractivity contribution in [1.29, 1.82) is 0 Å². The van der Waals surface area contributed by atoms with E-state index in [0.717, 1.165) is 11.3 Å². The van der Waals surface area contributed by atoms with Gasteiger partial charge in [-0.15, -0.1) is 0 Å². The van der Waals surface area contributed by atoms with Crippen molar-refractivity contribution in [3.05, 3.63) is 46.6 Å². The van der Waals surface area contributed by atoms with E-state index in [4.69, 9.17) is 11.6 Å². The summed E-state index contributed by atoms with van der Waals surface area (Å²) in [5.74, 6) is 0.948. The van der Waals surface area contributed by atoms with Crippen LogP contribution in [0.2, 0.25) is 5.15 Å². The second kappa shape index (κ2) is 4.67. The maximum Gasteiger partial charge on any atom is 0.138 e. The summed E-state index contributed by atoms with van der Waals surface area (Å²) in [6.07, 6.45) is 0. The van der Waals surface area contributed by atoms with Crippen molar-refractivity contribution in [2.75, 3.05) is 5.32 Å². The number of hydrogen-bond acceptors (Lipinski definition) is 3. The monoisotopic (exact) mass is 251 g/mol. The zero-order valence-corrected chi connectivity index (χ0v) is 10.2. The van der Waals surface area contributed by atoms with Gasteiger partial charge in [-0.3, -0.25) is 0 Å². The highest BCUT2D eigenvalue weighted by Gasteiger charge is 2.07. The Labute approximate surface area is 104 Å². The quantitative estimate of drug-likeness (QED) is 0.829. The predicted molar refractivity (Wildman–Crippen MR) is 66.2 cm³/mol. The molecule has 0 fully saturated rings. The minimum atomic E-state index is -0.274. The average molecular weight is 252 g/mol. The van der Waals surface area contributed by atoms with Crippen LogP contribution in [0.25, 0.3) is 0 Å². The number of anilines is 2. The zero-order valence-electron chi connectivity index (χ0n) is 9.46. The number of aromatic nitrogens is 2. The summed E-state index contributed by atoms with van der Waals surface area (Å²) < 4.78 is 12.8. The van der Waals surface area contributed by atoms with Crippen LogP contribution in [0, 0.1) is 19.7 Å². The average Bonchev–Trinajstić information content (AvgIpc) is 2.28. The summed E-state index contributed by atoms with van der Waals surface area (Å²) in [7, 11) is 0. The van der Waals surface area contributed by atoms with Gasteiger partial charge in [0.25, 0.3) is 0 Å². The number of hydrogen-bond donors (Lipinski definition) is 1. The van der Waals surface area contributed by atoms with Gasteiger partial charge in [0.2, 0.25) is 0 Å². The zero-order chi connectivity index (χ0) is 12.4. The van der Waals surface area contributed by atoms with Crippen LogP contribution in [0.4, 0.5) is 15.9 Å². The molecule has 0 unspecified atom stereocenters. The molecule has 0 saturated heterocycles. The molecule has 0 bridgehead atoms. The van der Waals surface area contributed by atoms with Crippen LogP contribution in [0.5, 0.6) is 0 Å². The third-order valence-electron chi connectivity index (χ3n) is 2.31. The fourth-order valence-corrected chi connectivity index (χ4v) is 1.60. The van der Waals surface area contributed by atoms with Gasteiger partial charge in [-0.1, -0.05) is 11.6 Å². The Morgan fingerprint density at radius 3 is 2.41 bits per heavy atom. The van der Waals surface area contributed by atoms with Crippen molar-refractivity contribution >= 4 is 23.1 Å². The van der Waals surface area contributed by atoms with E-state index >= 15 is 0 Å². The molecule has 2 rings (SSSR count). The molecule has 0 atom stereocenters. The van der Waals surface area contributed by atoms with Gasteiger partial charge in [-0.25, -0.2) is 14.4 Å². The molecule has 0 aliphatic carbocycles. The third-order valence-corrected chi connectivity index (χ3v) is 2.67. The largest absolute Gasteiger partial charge is 0.340 e. The number of aryl methyl sites for hydroxylation is 1. The summed E-state index contributed by atoms with van der Waals surface area (Å²) in [5, 5.41) is 3.50. The first kappa shape index (κ1) is 11.8. The predicted octanol–water partition coefficient (Wildman–Crippen LogP) is 3.63. The Morgan fingerprint density at radius 2 is 1.76 bits per heavy atom. The molecule has 5 heteroatoms. The van der Waals surface area contributed by atoms with Crippen molar-refractivity contribution in [1.82, 2.24) is 9.97 Å². The minimum absolute atomic E-state index is 0.274. The van der Waals surface area contributed by atoms with Gasteiger partial charge in [0.05, 0.1) is 0 Å². The normalized spacial score (nSPS) is 10.4. The number of nitrogens with zero attached hydrogens (tertiary/aromatic N) is 2. The van der Waals surface area contributed by atoms with E-state index < -0.39 is 0 Å². The molecule has 1 aromatic carbocycles. The van der Waals surface area contributed by atoms with Crippen LogP contribution >= 0.6 is 11.6 Å². The molecule has 1 N–H and O–H groups in total. The van der Waals surface area contributed by atoms with Gasteiger partial charge < -0.3 is 5.32 Å². The van der Waals surface area contributed by atoms with E-state index in [0.29, 0.717) is 16.8 Å². The Balaban J connectivity index is 2.32. The number of rotatable bonds is 2. The lowest BCUT2D eigenvalue weighted by atomic mass is 10.3. The molecule has 0 spiro atoms. The standard InChI is InChI=1S/C12H11ClFN3/c1-7-11(13)15-8(2)16-12(7)17-10-5-3-9(14)4-6-10/h3-6H,1-2H3,(H,15,16,17). The summed E-state index contributed by atoms with van der Waals surface area (Å²) in [6.45, 7) is 3.59. The van der Waals surface area contributed by atoms with E-state index in [1.165, 1.54) is 12.1 Å². The second-order valence-corrected chi connectivity index (χ2v) is 4.03. The van der Waals surface area contributed by atoms with Gasteiger partial charge in [0.15, 0.2) is 0 Å².